The van der Waals surface area contributed by atoms with E-state index < -0.39 is 6.04 Å². The Morgan fingerprint density at radius 2 is 2.15 bits per heavy atom. The molecule has 1 aromatic carbocycles. The van der Waals surface area contributed by atoms with E-state index in [4.69, 9.17) is 4.74 Å². The van der Waals surface area contributed by atoms with Crippen LogP contribution in [-0.2, 0) is 16.1 Å². The number of nitrogens with one attached hydrogen (secondary N) is 1. The van der Waals surface area contributed by atoms with Crippen molar-refractivity contribution in [2.24, 2.45) is 0 Å². The molecule has 1 aromatic heterocycles. The number of aliphatic hydroxyl groups is 1. The molecular formula is C20H24N2O3S. The first-order valence-electron chi connectivity index (χ1n) is 8.76. The number of nitrogens with zero attached hydrogens (tertiary/aromatic N) is 1. The van der Waals surface area contributed by atoms with E-state index >= 15 is 0 Å². The molecule has 2 N–H and O–H groups in total. The number of benzene rings is 1. The average Bonchev–Trinajstić information content (AvgIpc) is 3.19. The number of ether oxygens (including phenoxy) is 1. The highest BCUT2D eigenvalue weighted by molar-refractivity contribution is 7.10. The molecule has 0 bridgehead atoms. The molecule has 3 rings (SSSR count). The van der Waals surface area contributed by atoms with Gasteiger partial charge in [0.2, 0.25) is 5.91 Å². The highest BCUT2D eigenvalue weighted by Gasteiger charge is 2.15. The van der Waals surface area contributed by atoms with Gasteiger partial charge in [-0.25, -0.2) is 0 Å². The van der Waals surface area contributed by atoms with Crippen LogP contribution in [0.4, 0.5) is 0 Å². The first kappa shape index (κ1) is 18.8. The summed E-state index contributed by atoms with van der Waals surface area (Å²) in [4.78, 5) is 15.5. The second-order valence-electron chi connectivity index (χ2n) is 6.23. The van der Waals surface area contributed by atoms with Crippen LogP contribution in [-0.4, -0.2) is 48.8 Å². The first-order chi connectivity index (χ1) is 12.7. The summed E-state index contributed by atoms with van der Waals surface area (Å²) in [6, 6.07) is 11.5. The summed E-state index contributed by atoms with van der Waals surface area (Å²) in [7, 11) is 0. The number of hydrogen-bond donors (Lipinski definition) is 2. The van der Waals surface area contributed by atoms with Crippen LogP contribution in [0.3, 0.4) is 0 Å². The van der Waals surface area contributed by atoms with Gasteiger partial charge in [-0.15, -0.1) is 11.3 Å². The zero-order valence-electron chi connectivity index (χ0n) is 14.6. The fraction of sp³-hybridized carbons (Fsp3) is 0.350. The highest BCUT2D eigenvalue weighted by Crippen LogP contribution is 2.17. The fourth-order valence-corrected chi connectivity index (χ4v) is 3.54. The average molecular weight is 372 g/mol. The van der Waals surface area contributed by atoms with Gasteiger partial charge in [0.05, 0.1) is 25.9 Å². The van der Waals surface area contributed by atoms with Gasteiger partial charge in [-0.2, -0.15) is 0 Å². The predicted octanol–water partition coefficient (Wildman–Crippen LogP) is 2.44. The Morgan fingerprint density at radius 1 is 1.31 bits per heavy atom. The molecule has 138 valence electrons. The van der Waals surface area contributed by atoms with Gasteiger partial charge in [-0.05, 0) is 28.6 Å². The summed E-state index contributed by atoms with van der Waals surface area (Å²) in [5.41, 5.74) is 2.09. The van der Waals surface area contributed by atoms with Crippen molar-refractivity contribution in [2.75, 3.05) is 32.9 Å². The van der Waals surface area contributed by atoms with Crippen molar-refractivity contribution in [1.82, 2.24) is 10.2 Å². The molecule has 1 fully saturated rings. The molecule has 2 aromatic rings. The molecule has 5 nitrogen and oxygen atoms in total. The molecule has 0 saturated carbocycles. The molecule has 0 unspecified atom stereocenters. The highest BCUT2D eigenvalue weighted by atomic mass is 32.1. The van der Waals surface area contributed by atoms with E-state index in [1.165, 1.54) is 11.6 Å². The monoisotopic (exact) mass is 372 g/mol. The van der Waals surface area contributed by atoms with Crippen LogP contribution in [0.5, 0.6) is 0 Å². The van der Waals surface area contributed by atoms with Gasteiger partial charge in [-0.3, -0.25) is 9.69 Å². The third-order valence-corrected chi connectivity index (χ3v) is 5.14. The lowest BCUT2D eigenvalue weighted by molar-refractivity contribution is -0.117. The van der Waals surface area contributed by atoms with Crippen molar-refractivity contribution >= 4 is 23.3 Å². The van der Waals surface area contributed by atoms with Crippen molar-refractivity contribution in [1.29, 1.82) is 0 Å². The maximum absolute atomic E-state index is 12.2. The number of morpholine rings is 1. The number of hydrogen-bond acceptors (Lipinski definition) is 5. The smallest absolute Gasteiger partial charge is 0.244 e. The van der Waals surface area contributed by atoms with Crippen LogP contribution in [0.2, 0.25) is 0 Å². The van der Waals surface area contributed by atoms with Crippen molar-refractivity contribution in [2.45, 2.75) is 12.6 Å². The summed E-state index contributed by atoms with van der Waals surface area (Å²) in [6.45, 7) is 4.11. The van der Waals surface area contributed by atoms with Gasteiger partial charge in [0.1, 0.15) is 0 Å². The minimum absolute atomic E-state index is 0.139. The van der Waals surface area contributed by atoms with Crippen molar-refractivity contribution in [3.05, 3.63) is 63.9 Å². The first-order valence-corrected chi connectivity index (χ1v) is 9.64. The molecule has 1 aliphatic rings. The summed E-state index contributed by atoms with van der Waals surface area (Å²) in [5, 5.41) is 14.6. The van der Waals surface area contributed by atoms with E-state index in [9.17, 15) is 9.90 Å². The zero-order chi connectivity index (χ0) is 18.2. The van der Waals surface area contributed by atoms with Crippen LogP contribution in [0.15, 0.2) is 47.9 Å². The Kier molecular flexibility index (Phi) is 6.96. The standard InChI is InChI=1S/C20H24N2O3S/c23-15-19(21-20(24)7-6-18-5-2-12-26-18)17-4-1-3-16(13-17)14-22-8-10-25-11-9-22/h1-7,12-13,19,23H,8-11,14-15H2,(H,21,24)/b7-6-/t19-/m0/s1. The van der Waals surface area contributed by atoms with E-state index in [0.717, 1.165) is 43.3 Å². The molecule has 1 atom stereocenters. The minimum atomic E-state index is -0.417. The number of thiophene rings is 1. The van der Waals surface area contributed by atoms with E-state index in [1.807, 2.05) is 29.6 Å². The number of carbonyl (C=O) groups excluding carboxylic acids is 1. The summed E-state index contributed by atoms with van der Waals surface area (Å²) in [5.74, 6) is -0.212. The molecule has 0 radical (unpaired) electrons. The Hall–Kier alpha value is -1.99. The molecule has 2 heterocycles. The van der Waals surface area contributed by atoms with Crippen LogP contribution in [0, 0.1) is 0 Å². The van der Waals surface area contributed by atoms with Crippen molar-refractivity contribution < 1.29 is 14.6 Å². The molecule has 26 heavy (non-hydrogen) atoms. The third kappa shape index (κ3) is 5.51. The van der Waals surface area contributed by atoms with Gasteiger partial charge >= 0.3 is 0 Å². The summed E-state index contributed by atoms with van der Waals surface area (Å²) < 4.78 is 5.38. The van der Waals surface area contributed by atoms with Crippen LogP contribution >= 0.6 is 11.3 Å². The molecule has 1 saturated heterocycles. The van der Waals surface area contributed by atoms with Gasteiger partial charge < -0.3 is 15.2 Å². The van der Waals surface area contributed by atoms with Crippen molar-refractivity contribution in [3.8, 4) is 0 Å². The largest absolute Gasteiger partial charge is 0.394 e. The fourth-order valence-electron chi connectivity index (χ4n) is 2.92. The molecule has 1 amide bonds. The Balaban J connectivity index is 1.61. The van der Waals surface area contributed by atoms with E-state index in [0.29, 0.717) is 0 Å². The number of rotatable bonds is 7. The van der Waals surface area contributed by atoms with Gasteiger partial charge in [0.15, 0.2) is 0 Å². The SMILES string of the molecule is O=C(/C=C\c1cccs1)N[C@@H](CO)c1cccc(CN2CCOCC2)c1. The topological polar surface area (TPSA) is 61.8 Å². The Bertz CT molecular complexity index is 724. The third-order valence-electron chi connectivity index (χ3n) is 4.30. The van der Waals surface area contributed by atoms with Gasteiger partial charge in [0.25, 0.3) is 0 Å². The van der Waals surface area contributed by atoms with E-state index in [-0.39, 0.29) is 12.5 Å². The van der Waals surface area contributed by atoms with Crippen LogP contribution in [0.1, 0.15) is 22.0 Å². The van der Waals surface area contributed by atoms with E-state index in [1.54, 1.807) is 17.4 Å². The van der Waals surface area contributed by atoms with Gasteiger partial charge in [-0.1, -0.05) is 30.3 Å². The lowest BCUT2D eigenvalue weighted by atomic mass is 10.0. The molecule has 6 heteroatoms. The Morgan fingerprint density at radius 3 is 2.88 bits per heavy atom. The Labute approximate surface area is 157 Å². The lowest BCUT2D eigenvalue weighted by Crippen LogP contribution is -2.35. The molecular weight excluding hydrogens is 348 g/mol. The maximum Gasteiger partial charge on any atom is 0.244 e. The lowest BCUT2D eigenvalue weighted by Gasteiger charge is -2.27. The minimum Gasteiger partial charge on any atom is -0.394 e. The quantitative estimate of drug-likeness (QED) is 0.733. The second kappa shape index (κ2) is 9.64. The molecule has 0 aliphatic carbocycles. The number of carbonyl (C=O) groups is 1. The maximum atomic E-state index is 12.2. The van der Waals surface area contributed by atoms with Crippen LogP contribution in [0.25, 0.3) is 6.08 Å². The molecule has 1 aliphatic heterocycles. The number of aliphatic hydroxyl groups excluding tert-OH is 1. The molecule has 0 spiro atoms. The number of amides is 1. The normalized spacial score (nSPS) is 16.7. The summed E-state index contributed by atoms with van der Waals surface area (Å²) in [6.07, 6.45) is 3.29. The van der Waals surface area contributed by atoms with Crippen molar-refractivity contribution in [3.63, 3.8) is 0 Å². The predicted molar refractivity (Wildman–Crippen MR) is 104 cm³/mol. The van der Waals surface area contributed by atoms with Gasteiger partial charge in [0, 0.05) is 30.6 Å². The summed E-state index contributed by atoms with van der Waals surface area (Å²) >= 11 is 1.57. The second-order valence-corrected chi connectivity index (χ2v) is 7.21. The zero-order valence-corrected chi connectivity index (χ0v) is 15.5. The van der Waals surface area contributed by atoms with Crippen LogP contribution < -0.4 is 5.32 Å². The van der Waals surface area contributed by atoms with E-state index in [2.05, 4.69) is 22.3 Å².